The molecule has 4 heteroatoms. The van der Waals surface area contributed by atoms with Gasteiger partial charge in [-0.1, -0.05) is 17.7 Å². The van der Waals surface area contributed by atoms with Crippen molar-refractivity contribution in [1.29, 1.82) is 0 Å². The lowest BCUT2D eigenvalue weighted by Gasteiger charge is -2.04. The van der Waals surface area contributed by atoms with Crippen LogP contribution in [-0.2, 0) is 0 Å². The van der Waals surface area contributed by atoms with Crippen molar-refractivity contribution in [2.24, 2.45) is 0 Å². The smallest absolute Gasteiger partial charge is 0.254 e. The van der Waals surface area contributed by atoms with Gasteiger partial charge >= 0.3 is 0 Å². The van der Waals surface area contributed by atoms with E-state index in [-0.39, 0.29) is 5.91 Å². The van der Waals surface area contributed by atoms with Gasteiger partial charge in [0.05, 0.1) is 5.56 Å². The summed E-state index contributed by atoms with van der Waals surface area (Å²) in [5.74, 6) is 2.22. The first-order valence-corrected chi connectivity index (χ1v) is 7.59. The molecule has 0 saturated carbocycles. The van der Waals surface area contributed by atoms with Crippen LogP contribution in [0.5, 0.6) is 0 Å². The quantitative estimate of drug-likeness (QED) is 0.673. The molecule has 1 amide bonds. The van der Waals surface area contributed by atoms with E-state index in [4.69, 9.17) is 4.42 Å². The third-order valence-electron chi connectivity index (χ3n) is 2.96. The number of thioether (sulfide) groups is 1. The highest BCUT2D eigenvalue weighted by atomic mass is 32.2. The second-order valence-electron chi connectivity index (χ2n) is 4.74. The molecule has 0 saturated heterocycles. The number of nitrogens with one attached hydrogen (secondary N) is 1. The van der Waals surface area contributed by atoms with E-state index in [1.807, 2.05) is 13.8 Å². The maximum atomic E-state index is 12.0. The van der Waals surface area contributed by atoms with Gasteiger partial charge in [-0.25, -0.2) is 0 Å². The Labute approximate surface area is 123 Å². The Hall–Kier alpha value is -1.68. The lowest BCUT2D eigenvalue weighted by molar-refractivity contribution is 0.0954. The van der Waals surface area contributed by atoms with Crippen LogP contribution in [0.1, 0.15) is 27.4 Å². The zero-order valence-corrected chi connectivity index (χ0v) is 12.8. The molecule has 0 fully saturated rings. The van der Waals surface area contributed by atoms with Crippen LogP contribution in [-0.4, -0.2) is 18.2 Å². The molecule has 0 aliphatic heterocycles. The fourth-order valence-electron chi connectivity index (χ4n) is 1.92. The van der Waals surface area contributed by atoms with E-state index in [0.29, 0.717) is 17.9 Å². The monoisotopic (exact) mass is 289 g/mol. The standard InChI is InChI=1S/C16H19NO2S/c1-11-4-6-14(7-5-11)20-9-8-17-16(18)15-10-12(2)19-13(15)3/h4-7,10H,8-9H2,1-3H3,(H,17,18). The van der Waals surface area contributed by atoms with Crippen molar-refractivity contribution in [3.63, 3.8) is 0 Å². The second-order valence-corrected chi connectivity index (χ2v) is 5.91. The highest BCUT2D eigenvalue weighted by Gasteiger charge is 2.12. The second kappa shape index (κ2) is 6.66. The van der Waals surface area contributed by atoms with E-state index in [1.165, 1.54) is 10.5 Å². The van der Waals surface area contributed by atoms with Crippen LogP contribution in [0.3, 0.4) is 0 Å². The number of hydrogen-bond acceptors (Lipinski definition) is 3. The Kier molecular flexibility index (Phi) is 4.90. The van der Waals surface area contributed by atoms with Crippen LogP contribution in [0, 0.1) is 20.8 Å². The molecule has 0 bridgehead atoms. The van der Waals surface area contributed by atoms with Gasteiger partial charge in [-0.3, -0.25) is 4.79 Å². The number of carbonyl (C=O) groups is 1. The normalized spacial score (nSPS) is 10.6. The average molecular weight is 289 g/mol. The fraction of sp³-hybridized carbons (Fsp3) is 0.312. The third kappa shape index (κ3) is 3.90. The van der Waals surface area contributed by atoms with Crippen molar-refractivity contribution in [2.75, 3.05) is 12.3 Å². The van der Waals surface area contributed by atoms with E-state index in [9.17, 15) is 4.79 Å². The van der Waals surface area contributed by atoms with Gasteiger partial charge in [0, 0.05) is 17.2 Å². The summed E-state index contributed by atoms with van der Waals surface area (Å²) in [6.45, 7) is 6.37. The molecule has 0 spiro atoms. The Morgan fingerprint density at radius 2 is 1.90 bits per heavy atom. The van der Waals surface area contributed by atoms with E-state index >= 15 is 0 Å². The lowest BCUT2D eigenvalue weighted by atomic mass is 10.2. The molecular formula is C16H19NO2S. The molecule has 2 rings (SSSR count). The van der Waals surface area contributed by atoms with Gasteiger partial charge in [0.15, 0.2) is 0 Å². The van der Waals surface area contributed by atoms with Crippen LogP contribution in [0.4, 0.5) is 0 Å². The minimum Gasteiger partial charge on any atom is -0.466 e. The van der Waals surface area contributed by atoms with E-state index in [1.54, 1.807) is 17.8 Å². The first-order chi connectivity index (χ1) is 9.56. The summed E-state index contributed by atoms with van der Waals surface area (Å²) < 4.78 is 5.36. The number of rotatable bonds is 5. The summed E-state index contributed by atoms with van der Waals surface area (Å²) in [5, 5.41) is 2.91. The molecule has 0 aliphatic rings. The van der Waals surface area contributed by atoms with Crippen LogP contribution in [0.2, 0.25) is 0 Å². The average Bonchev–Trinajstić information content (AvgIpc) is 2.75. The third-order valence-corrected chi connectivity index (χ3v) is 3.98. The number of amides is 1. The van der Waals surface area contributed by atoms with Crippen molar-refractivity contribution in [3.8, 4) is 0 Å². The molecule has 1 aromatic carbocycles. The Bertz CT molecular complexity index is 587. The lowest BCUT2D eigenvalue weighted by Crippen LogP contribution is -2.25. The minimum absolute atomic E-state index is 0.0659. The number of furan rings is 1. The zero-order valence-electron chi connectivity index (χ0n) is 12.0. The first-order valence-electron chi connectivity index (χ1n) is 6.61. The fourth-order valence-corrected chi connectivity index (χ4v) is 2.69. The van der Waals surface area contributed by atoms with Crippen LogP contribution < -0.4 is 5.32 Å². The van der Waals surface area contributed by atoms with Crippen LogP contribution >= 0.6 is 11.8 Å². The van der Waals surface area contributed by atoms with E-state index < -0.39 is 0 Å². The largest absolute Gasteiger partial charge is 0.466 e. The number of hydrogen-bond donors (Lipinski definition) is 1. The summed E-state index contributed by atoms with van der Waals surface area (Å²) >= 11 is 1.74. The Balaban J connectivity index is 1.77. The summed E-state index contributed by atoms with van der Waals surface area (Å²) in [6, 6.07) is 10.2. The van der Waals surface area contributed by atoms with Gasteiger partial charge in [0.1, 0.15) is 11.5 Å². The molecular weight excluding hydrogens is 270 g/mol. The summed E-state index contributed by atoms with van der Waals surface area (Å²) in [6.07, 6.45) is 0. The van der Waals surface area contributed by atoms with Crippen molar-refractivity contribution < 1.29 is 9.21 Å². The molecule has 0 aliphatic carbocycles. The van der Waals surface area contributed by atoms with Gasteiger partial charge in [-0.15, -0.1) is 11.8 Å². The van der Waals surface area contributed by atoms with E-state index in [0.717, 1.165) is 11.5 Å². The number of benzene rings is 1. The molecule has 0 radical (unpaired) electrons. The Morgan fingerprint density at radius 1 is 1.20 bits per heavy atom. The van der Waals surface area contributed by atoms with Crippen LogP contribution in [0.25, 0.3) is 0 Å². The molecule has 2 aromatic rings. The molecule has 106 valence electrons. The summed E-state index contributed by atoms with van der Waals surface area (Å²) in [5.41, 5.74) is 1.89. The Morgan fingerprint density at radius 3 is 2.50 bits per heavy atom. The van der Waals surface area contributed by atoms with Crippen molar-refractivity contribution in [3.05, 3.63) is 53.0 Å². The summed E-state index contributed by atoms with van der Waals surface area (Å²) in [7, 11) is 0. The summed E-state index contributed by atoms with van der Waals surface area (Å²) in [4.78, 5) is 13.2. The molecule has 1 N–H and O–H groups in total. The molecule has 3 nitrogen and oxygen atoms in total. The predicted molar refractivity (Wildman–Crippen MR) is 82.4 cm³/mol. The highest BCUT2D eigenvalue weighted by Crippen LogP contribution is 2.17. The maximum Gasteiger partial charge on any atom is 0.254 e. The highest BCUT2D eigenvalue weighted by molar-refractivity contribution is 7.99. The van der Waals surface area contributed by atoms with Crippen molar-refractivity contribution in [2.45, 2.75) is 25.7 Å². The van der Waals surface area contributed by atoms with E-state index in [2.05, 4.69) is 36.5 Å². The molecule has 1 heterocycles. The number of carbonyl (C=O) groups excluding carboxylic acids is 1. The SMILES string of the molecule is Cc1ccc(SCCNC(=O)c2cc(C)oc2C)cc1. The molecule has 0 unspecified atom stereocenters. The zero-order chi connectivity index (χ0) is 14.5. The maximum absolute atomic E-state index is 12.0. The van der Waals surface area contributed by atoms with Crippen molar-refractivity contribution in [1.82, 2.24) is 5.32 Å². The van der Waals surface area contributed by atoms with Crippen molar-refractivity contribution >= 4 is 17.7 Å². The number of aryl methyl sites for hydroxylation is 3. The first kappa shape index (κ1) is 14.7. The van der Waals surface area contributed by atoms with Gasteiger partial charge in [0.25, 0.3) is 5.91 Å². The minimum atomic E-state index is -0.0659. The molecule has 20 heavy (non-hydrogen) atoms. The van der Waals surface area contributed by atoms with Gasteiger partial charge in [-0.05, 0) is 39.0 Å². The van der Waals surface area contributed by atoms with Gasteiger partial charge in [0.2, 0.25) is 0 Å². The molecule has 0 atom stereocenters. The topological polar surface area (TPSA) is 42.2 Å². The predicted octanol–water partition coefficient (Wildman–Crippen LogP) is 3.73. The van der Waals surface area contributed by atoms with Crippen LogP contribution in [0.15, 0.2) is 39.6 Å². The van der Waals surface area contributed by atoms with Gasteiger partial charge in [-0.2, -0.15) is 0 Å². The molecule has 1 aromatic heterocycles. The van der Waals surface area contributed by atoms with Gasteiger partial charge < -0.3 is 9.73 Å².